The number of hydrogen-bond donors (Lipinski definition) is 1. The monoisotopic (exact) mass is 706 g/mol. The number of allylic oxidation sites excluding steroid dienone is 4. The Labute approximate surface area is 303 Å². The Kier molecular flexibility index (Phi) is 13.0. The van der Waals surface area contributed by atoms with Crippen molar-refractivity contribution in [2.75, 3.05) is 0 Å². The largest absolute Gasteiger partial charge is 0.126 e. The fraction of sp³-hybridized carbons (Fsp3) is 0.217. The second-order valence-corrected chi connectivity index (χ2v) is 15.4. The number of rotatable bonds is 2. The SMILES string of the molecule is CC(C)(C)c1ccc(O)c(C(C)(C)C)c1.CC1=CC[C-]=C1.[Zr+2]=[C](c1ccccc1)c1ccccc1.c1ccc2c(c1)[cH-]c1ccccc12. The fourth-order valence-corrected chi connectivity index (χ4v) is 6.20. The molecule has 0 aliphatic heterocycles. The molecule has 0 unspecified atom stereocenters. The molecule has 6 aromatic rings. The summed E-state index contributed by atoms with van der Waals surface area (Å²) in [6.07, 6.45) is 8.24. The maximum absolute atomic E-state index is 9.84. The molecule has 0 bridgehead atoms. The standard InChI is InChI=1S/C14H22O.C13H9.C13H10.C6H7.Zr/c1-13(2,3)10-7-8-12(15)11(9-10)14(4,5)6;1-3-7-12-10(5-1)9-11-6-2-4-8-13(11)12;1-3-7-12(8-4-1)11-13-9-5-2-6-10-13;1-6-4-2-3-5-6;/h7-9,15H,1-6H3;1-9H;1-10H;4-5H,2H2,1H3;/q;-1;;-1;+2. The number of benzene rings is 5. The Hall–Kier alpha value is -4.00. The molecular formula is C46H48OZr. The van der Waals surface area contributed by atoms with Crippen molar-refractivity contribution >= 4 is 24.8 Å². The van der Waals surface area contributed by atoms with Crippen molar-refractivity contribution in [2.24, 2.45) is 0 Å². The number of phenolic OH excluding ortho intramolecular Hbond substituents is 1. The van der Waals surface area contributed by atoms with Crippen LogP contribution >= 0.6 is 0 Å². The van der Waals surface area contributed by atoms with E-state index in [2.05, 4.69) is 182 Å². The van der Waals surface area contributed by atoms with E-state index in [4.69, 9.17) is 0 Å². The molecule has 0 saturated carbocycles. The maximum Gasteiger partial charge on any atom is -0.0771 e. The minimum absolute atomic E-state index is 0.00859. The topological polar surface area (TPSA) is 20.2 Å². The molecule has 7 rings (SSSR count). The van der Waals surface area contributed by atoms with Crippen molar-refractivity contribution in [1.82, 2.24) is 0 Å². The number of aromatic hydroxyl groups is 1. The zero-order valence-corrected chi connectivity index (χ0v) is 32.0. The summed E-state index contributed by atoms with van der Waals surface area (Å²) in [6, 6.07) is 46.3. The van der Waals surface area contributed by atoms with Crippen LogP contribution in [0.25, 0.3) is 21.5 Å². The summed E-state index contributed by atoms with van der Waals surface area (Å²) in [5.41, 5.74) is 6.42. The molecule has 6 aromatic carbocycles. The summed E-state index contributed by atoms with van der Waals surface area (Å²) >= 11 is 1.46. The van der Waals surface area contributed by atoms with Gasteiger partial charge in [0.05, 0.1) is 0 Å². The molecule has 0 heterocycles. The first-order valence-corrected chi connectivity index (χ1v) is 17.9. The zero-order valence-electron chi connectivity index (χ0n) is 29.5. The van der Waals surface area contributed by atoms with Gasteiger partial charge in [0.25, 0.3) is 0 Å². The number of fused-ring (bicyclic) bond motifs is 3. The molecule has 1 nitrogen and oxygen atoms in total. The molecule has 1 aliphatic rings. The van der Waals surface area contributed by atoms with E-state index in [1.54, 1.807) is 6.07 Å². The molecule has 1 aliphatic carbocycles. The quantitative estimate of drug-likeness (QED) is 0.178. The van der Waals surface area contributed by atoms with Gasteiger partial charge in [-0.2, -0.15) is 6.08 Å². The van der Waals surface area contributed by atoms with Gasteiger partial charge in [0.2, 0.25) is 0 Å². The Morgan fingerprint density at radius 3 is 1.52 bits per heavy atom. The van der Waals surface area contributed by atoms with Crippen LogP contribution in [-0.2, 0) is 35.1 Å². The predicted octanol–water partition coefficient (Wildman–Crippen LogP) is 12.2. The normalized spacial score (nSPS) is 12.2. The van der Waals surface area contributed by atoms with E-state index in [1.807, 2.05) is 12.1 Å². The van der Waals surface area contributed by atoms with Crippen LogP contribution in [0.5, 0.6) is 5.75 Å². The molecule has 2 heteroatoms. The van der Waals surface area contributed by atoms with Crippen LogP contribution < -0.4 is 0 Å². The van der Waals surface area contributed by atoms with Gasteiger partial charge in [0, 0.05) is 0 Å². The first-order valence-electron chi connectivity index (χ1n) is 16.6. The summed E-state index contributed by atoms with van der Waals surface area (Å²) in [5, 5.41) is 15.2. The van der Waals surface area contributed by atoms with E-state index >= 15 is 0 Å². The summed E-state index contributed by atoms with van der Waals surface area (Å²) in [6.45, 7) is 15.0. The van der Waals surface area contributed by atoms with Crippen molar-refractivity contribution < 1.29 is 29.3 Å². The summed E-state index contributed by atoms with van der Waals surface area (Å²) in [4.78, 5) is 0. The van der Waals surface area contributed by atoms with Crippen molar-refractivity contribution in [3.8, 4) is 5.75 Å². The van der Waals surface area contributed by atoms with Gasteiger partial charge < -0.3 is 5.11 Å². The average Bonchev–Trinajstić information content (AvgIpc) is 3.72. The Balaban J connectivity index is 0.000000150. The molecule has 0 aromatic heterocycles. The zero-order chi connectivity index (χ0) is 34.7. The van der Waals surface area contributed by atoms with E-state index in [0.29, 0.717) is 5.75 Å². The van der Waals surface area contributed by atoms with Crippen LogP contribution in [0.15, 0.2) is 151 Å². The summed E-state index contributed by atoms with van der Waals surface area (Å²) < 4.78 is 1.42. The first kappa shape index (κ1) is 36.8. The molecule has 0 amide bonds. The second kappa shape index (κ2) is 16.9. The fourth-order valence-electron chi connectivity index (χ4n) is 5.38. The molecule has 0 saturated heterocycles. The minimum Gasteiger partial charge on any atom is -0.126 e. The maximum atomic E-state index is 9.84. The van der Waals surface area contributed by atoms with E-state index in [-0.39, 0.29) is 10.8 Å². The summed E-state index contributed by atoms with van der Waals surface area (Å²) in [5.74, 6) is 0.399. The molecular weight excluding hydrogens is 660 g/mol. The van der Waals surface area contributed by atoms with Gasteiger partial charge in [-0.05, 0) is 28.0 Å². The molecule has 1 N–H and O–H groups in total. The molecule has 0 radical (unpaired) electrons. The van der Waals surface area contributed by atoms with Crippen LogP contribution in [0, 0.1) is 6.08 Å². The third-order valence-electron chi connectivity index (χ3n) is 8.19. The van der Waals surface area contributed by atoms with Gasteiger partial charge >= 0.3 is 99.2 Å². The third kappa shape index (κ3) is 10.5. The van der Waals surface area contributed by atoms with Crippen molar-refractivity contribution in [1.29, 1.82) is 0 Å². The molecule has 242 valence electrons. The number of hydrogen-bond acceptors (Lipinski definition) is 1. The van der Waals surface area contributed by atoms with E-state index in [0.717, 1.165) is 12.0 Å². The predicted molar refractivity (Wildman–Crippen MR) is 205 cm³/mol. The van der Waals surface area contributed by atoms with Crippen molar-refractivity contribution in [3.63, 3.8) is 0 Å². The average molecular weight is 708 g/mol. The van der Waals surface area contributed by atoms with E-state index in [9.17, 15) is 5.11 Å². The smallest absolute Gasteiger partial charge is 0.0771 e. The van der Waals surface area contributed by atoms with Crippen LogP contribution in [0.2, 0.25) is 0 Å². The van der Waals surface area contributed by atoms with Crippen LogP contribution in [0.3, 0.4) is 0 Å². The van der Waals surface area contributed by atoms with E-state index < -0.39 is 0 Å². The third-order valence-corrected chi connectivity index (χ3v) is 9.61. The van der Waals surface area contributed by atoms with Crippen molar-refractivity contribution in [3.05, 3.63) is 180 Å². The van der Waals surface area contributed by atoms with Gasteiger partial charge in [-0.3, -0.25) is 6.08 Å². The van der Waals surface area contributed by atoms with Gasteiger partial charge in [-0.1, -0.05) is 90.1 Å². The van der Waals surface area contributed by atoms with Gasteiger partial charge in [-0.25, -0.2) is 11.6 Å². The molecule has 0 fully saturated rings. The van der Waals surface area contributed by atoms with Crippen LogP contribution in [0.1, 0.15) is 77.1 Å². The second-order valence-electron chi connectivity index (χ2n) is 14.2. The molecule has 0 atom stereocenters. The van der Waals surface area contributed by atoms with Crippen LogP contribution in [-0.4, -0.2) is 8.31 Å². The van der Waals surface area contributed by atoms with Crippen molar-refractivity contribution in [2.45, 2.75) is 65.7 Å². The Bertz CT molecular complexity index is 1880. The van der Waals surface area contributed by atoms with E-state index in [1.165, 1.54) is 71.2 Å². The Morgan fingerprint density at radius 1 is 0.646 bits per heavy atom. The molecule has 0 spiro atoms. The van der Waals surface area contributed by atoms with Gasteiger partial charge in [0.15, 0.2) is 0 Å². The van der Waals surface area contributed by atoms with Gasteiger partial charge in [-0.15, -0.1) is 53.1 Å². The first-order chi connectivity index (χ1) is 22.8. The molecule has 48 heavy (non-hydrogen) atoms. The van der Waals surface area contributed by atoms with Gasteiger partial charge in [0.1, 0.15) is 5.75 Å². The minimum atomic E-state index is -0.00859. The van der Waals surface area contributed by atoms with Crippen LogP contribution in [0.4, 0.5) is 0 Å². The summed E-state index contributed by atoms with van der Waals surface area (Å²) in [7, 11) is 0. The Morgan fingerprint density at radius 2 is 1.12 bits per heavy atom. The number of phenols is 1.